The lowest BCUT2D eigenvalue weighted by atomic mass is 10.2. The maximum atomic E-state index is 11.6. The van der Waals surface area contributed by atoms with Gasteiger partial charge in [-0.25, -0.2) is 4.79 Å². The first kappa shape index (κ1) is 11.0. The number of nitrogen functional groups attached to an aromatic ring is 1. The molecular weight excluding hydrogens is 198 g/mol. The smallest absolute Gasteiger partial charge is 0.341 e. The van der Waals surface area contributed by atoms with Gasteiger partial charge in [-0.15, -0.1) is 11.3 Å². The second-order valence-electron chi connectivity index (χ2n) is 3.65. The highest BCUT2D eigenvalue weighted by Crippen LogP contribution is 2.25. The van der Waals surface area contributed by atoms with Gasteiger partial charge in [0, 0.05) is 0 Å². The number of carbonyl (C=O) groups excluding carboxylic acids is 1. The standard InChI is InChI=1S/C10H15NO2S/c1-6(2)4-13-10(12)8-7(3)5-14-9(8)11/h5-6H,4,11H2,1-3H3. The van der Waals surface area contributed by atoms with Gasteiger partial charge in [0.05, 0.1) is 12.2 Å². The number of esters is 1. The summed E-state index contributed by atoms with van der Waals surface area (Å²) >= 11 is 1.37. The second kappa shape index (κ2) is 4.46. The molecule has 4 heteroatoms. The molecule has 0 unspecified atom stereocenters. The lowest BCUT2D eigenvalue weighted by molar-refractivity contribution is 0.0460. The van der Waals surface area contributed by atoms with E-state index in [-0.39, 0.29) is 5.97 Å². The molecule has 2 N–H and O–H groups in total. The van der Waals surface area contributed by atoms with Crippen LogP contribution >= 0.6 is 11.3 Å². The van der Waals surface area contributed by atoms with E-state index >= 15 is 0 Å². The zero-order chi connectivity index (χ0) is 10.7. The van der Waals surface area contributed by atoms with Gasteiger partial charge in [-0.3, -0.25) is 0 Å². The van der Waals surface area contributed by atoms with Crippen LogP contribution in [0.4, 0.5) is 5.00 Å². The van der Waals surface area contributed by atoms with Gasteiger partial charge in [-0.05, 0) is 23.8 Å². The average Bonchev–Trinajstić information content (AvgIpc) is 2.42. The summed E-state index contributed by atoms with van der Waals surface area (Å²) in [6.45, 7) is 6.29. The van der Waals surface area contributed by atoms with Crippen molar-refractivity contribution in [1.82, 2.24) is 0 Å². The molecular formula is C10H15NO2S. The van der Waals surface area contributed by atoms with Crippen molar-refractivity contribution in [3.8, 4) is 0 Å². The maximum Gasteiger partial charge on any atom is 0.341 e. The van der Waals surface area contributed by atoms with Crippen LogP contribution in [0.15, 0.2) is 5.38 Å². The molecule has 0 aliphatic rings. The van der Waals surface area contributed by atoms with Crippen LogP contribution in [0.2, 0.25) is 0 Å². The highest BCUT2D eigenvalue weighted by atomic mass is 32.1. The second-order valence-corrected chi connectivity index (χ2v) is 4.56. The van der Waals surface area contributed by atoms with Crippen molar-refractivity contribution in [1.29, 1.82) is 0 Å². The number of rotatable bonds is 3. The number of nitrogens with two attached hydrogens (primary N) is 1. The molecule has 0 bridgehead atoms. The Morgan fingerprint density at radius 1 is 1.64 bits per heavy atom. The first-order valence-corrected chi connectivity index (χ1v) is 5.41. The summed E-state index contributed by atoms with van der Waals surface area (Å²) in [6, 6.07) is 0. The number of thiophene rings is 1. The van der Waals surface area contributed by atoms with Crippen molar-refractivity contribution in [3.63, 3.8) is 0 Å². The fraction of sp³-hybridized carbons (Fsp3) is 0.500. The molecule has 0 saturated carbocycles. The fourth-order valence-electron chi connectivity index (χ4n) is 1.04. The van der Waals surface area contributed by atoms with E-state index in [9.17, 15) is 4.79 Å². The Morgan fingerprint density at radius 2 is 2.29 bits per heavy atom. The first-order valence-electron chi connectivity index (χ1n) is 4.53. The Labute approximate surface area is 87.9 Å². The van der Waals surface area contributed by atoms with E-state index in [2.05, 4.69) is 0 Å². The number of aryl methyl sites for hydroxylation is 1. The zero-order valence-corrected chi connectivity index (χ0v) is 9.48. The highest BCUT2D eigenvalue weighted by molar-refractivity contribution is 7.14. The monoisotopic (exact) mass is 213 g/mol. The van der Waals surface area contributed by atoms with Gasteiger partial charge >= 0.3 is 5.97 Å². The number of hydrogen-bond acceptors (Lipinski definition) is 4. The SMILES string of the molecule is Cc1csc(N)c1C(=O)OCC(C)C. The largest absolute Gasteiger partial charge is 0.462 e. The summed E-state index contributed by atoms with van der Waals surface area (Å²) in [5, 5.41) is 2.40. The van der Waals surface area contributed by atoms with E-state index in [0.717, 1.165) is 5.56 Å². The predicted octanol–water partition coefficient (Wildman–Crippen LogP) is 2.45. The molecule has 1 aromatic heterocycles. The molecule has 0 aliphatic heterocycles. The summed E-state index contributed by atoms with van der Waals surface area (Å²) in [6.07, 6.45) is 0. The normalized spacial score (nSPS) is 10.6. The Hall–Kier alpha value is -1.03. The third kappa shape index (κ3) is 2.48. The Balaban J connectivity index is 2.70. The van der Waals surface area contributed by atoms with Crippen LogP contribution in [-0.4, -0.2) is 12.6 Å². The zero-order valence-electron chi connectivity index (χ0n) is 8.66. The maximum absolute atomic E-state index is 11.6. The lowest BCUT2D eigenvalue weighted by Gasteiger charge is -2.07. The molecule has 1 heterocycles. The Kier molecular flexibility index (Phi) is 3.52. The van der Waals surface area contributed by atoms with Crippen LogP contribution in [0.25, 0.3) is 0 Å². The van der Waals surface area contributed by atoms with E-state index in [1.165, 1.54) is 11.3 Å². The van der Waals surface area contributed by atoms with Gasteiger partial charge in [0.25, 0.3) is 0 Å². The molecule has 0 atom stereocenters. The predicted molar refractivity (Wildman–Crippen MR) is 58.6 cm³/mol. The minimum absolute atomic E-state index is 0.310. The van der Waals surface area contributed by atoms with E-state index in [4.69, 9.17) is 10.5 Å². The van der Waals surface area contributed by atoms with Crippen LogP contribution in [0, 0.1) is 12.8 Å². The van der Waals surface area contributed by atoms with Crippen LogP contribution in [-0.2, 0) is 4.74 Å². The lowest BCUT2D eigenvalue weighted by Crippen LogP contribution is -2.11. The fourth-order valence-corrected chi connectivity index (χ4v) is 1.82. The summed E-state index contributed by atoms with van der Waals surface area (Å²) < 4.78 is 5.10. The van der Waals surface area contributed by atoms with Gasteiger partial charge in [0.1, 0.15) is 5.00 Å². The number of carbonyl (C=O) groups is 1. The quantitative estimate of drug-likeness (QED) is 0.785. The van der Waals surface area contributed by atoms with Gasteiger partial charge < -0.3 is 10.5 Å². The molecule has 0 fully saturated rings. The Bertz CT molecular complexity index is 311. The molecule has 0 spiro atoms. The number of ether oxygens (including phenoxy) is 1. The molecule has 1 rings (SSSR count). The molecule has 1 aromatic rings. The summed E-state index contributed by atoms with van der Waals surface area (Å²) in [5.74, 6) is 0.0362. The van der Waals surface area contributed by atoms with E-state index in [1.54, 1.807) is 0 Å². The van der Waals surface area contributed by atoms with Crippen LogP contribution in [0.1, 0.15) is 29.8 Å². The minimum atomic E-state index is -0.310. The van der Waals surface area contributed by atoms with E-state index in [1.807, 2.05) is 26.2 Å². The molecule has 14 heavy (non-hydrogen) atoms. The van der Waals surface area contributed by atoms with Crippen molar-refractivity contribution >= 4 is 22.3 Å². The van der Waals surface area contributed by atoms with Crippen LogP contribution in [0.3, 0.4) is 0 Å². The van der Waals surface area contributed by atoms with Crippen molar-refractivity contribution < 1.29 is 9.53 Å². The third-order valence-electron chi connectivity index (χ3n) is 1.76. The van der Waals surface area contributed by atoms with Gasteiger partial charge in [0.2, 0.25) is 0 Å². The van der Waals surface area contributed by atoms with Crippen LogP contribution in [0.5, 0.6) is 0 Å². The summed E-state index contributed by atoms with van der Waals surface area (Å²) in [5.41, 5.74) is 7.08. The van der Waals surface area contributed by atoms with E-state index in [0.29, 0.717) is 23.1 Å². The van der Waals surface area contributed by atoms with Crippen molar-refractivity contribution in [3.05, 3.63) is 16.5 Å². The number of anilines is 1. The molecule has 78 valence electrons. The van der Waals surface area contributed by atoms with Crippen molar-refractivity contribution in [2.45, 2.75) is 20.8 Å². The van der Waals surface area contributed by atoms with Gasteiger partial charge in [-0.1, -0.05) is 13.8 Å². The van der Waals surface area contributed by atoms with Gasteiger partial charge in [-0.2, -0.15) is 0 Å². The molecule has 0 aliphatic carbocycles. The molecule has 0 amide bonds. The first-order chi connectivity index (χ1) is 6.52. The van der Waals surface area contributed by atoms with Crippen LogP contribution < -0.4 is 5.73 Å². The van der Waals surface area contributed by atoms with Crippen molar-refractivity contribution in [2.24, 2.45) is 5.92 Å². The Morgan fingerprint density at radius 3 is 2.71 bits per heavy atom. The topological polar surface area (TPSA) is 52.3 Å². The molecule has 3 nitrogen and oxygen atoms in total. The summed E-state index contributed by atoms with van der Waals surface area (Å²) in [4.78, 5) is 11.6. The highest BCUT2D eigenvalue weighted by Gasteiger charge is 2.16. The van der Waals surface area contributed by atoms with E-state index < -0.39 is 0 Å². The van der Waals surface area contributed by atoms with Gasteiger partial charge in [0.15, 0.2) is 0 Å². The third-order valence-corrected chi connectivity index (χ3v) is 2.68. The van der Waals surface area contributed by atoms with Crippen molar-refractivity contribution in [2.75, 3.05) is 12.3 Å². The average molecular weight is 213 g/mol. The molecule has 0 radical (unpaired) electrons. The molecule has 0 aromatic carbocycles. The summed E-state index contributed by atoms with van der Waals surface area (Å²) in [7, 11) is 0. The minimum Gasteiger partial charge on any atom is -0.462 e. The molecule has 0 saturated heterocycles. The number of hydrogen-bond donors (Lipinski definition) is 1.